The van der Waals surface area contributed by atoms with Crippen molar-refractivity contribution in [3.8, 4) is 0 Å². The van der Waals surface area contributed by atoms with Crippen molar-refractivity contribution in [1.29, 1.82) is 0 Å². The second-order valence-electron chi connectivity index (χ2n) is 3.07. The van der Waals surface area contributed by atoms with Gasteiger partial charge in [-0.15, -0.1) is 0 Å². The molecular formula is C8H15F3N2O3. The van der Waals surface area contributed by atoms with E-state index in [2.05, 4.69) is 5.32 Å². The maximum Gasteiger partial charge on any atom is 0.405 e. The molecule has 0 heterocycles. The molecule has 16 heavy (non-hydrogen) atoms. The monoisotopic (exact) mass is 244 g/mol. The molecule has 96 valence electrons. The molecule has 0 aliphatic carbocycles. The number of carbonyl (C=O) groups excluding carboxylic acids is 1. The quantitative estimate of drug-likeness (QED) is 0.705. The predicted octanol–water partition coefficient (Wildman–Crippen LogP) is 0.855. The SMILES string of the molecule is COC(OC)C(C)NC(=O)NCC(F)(F)F. The first-order chi connectivity index (χ1) is 7.30. The lowest BCUT2D eigenvalue weighted by molar-refractivity contribution is -0.124. The lowest BCUT2D eigenvalue weighted by Crippen LogP contribution is -2.49. The highest BCUT2D eigenvalue weighted by molar-refractivity contribution is 5.74. The van der Waals surface area contributed by atoms with Gasteiger partial charge in [0.2, 0.25) is 0 Å². The molecule has 0 fully saturated rings. The summed E-state index contributed by atoms with van der Waals surface area (Å²) in [6.07, 6.45) is -5.14. The summed E-state index contributed by atoms with van der Waals surface area (Å²) < 4.78 is 44.9. The first-order valence-electron chi connectivity index (χ1n) is 4.47. The van der Waals surface area contributed by atoms with Crippen LogP contribution in [0.2, 0.25) is 0 Å². The van der Waals surface area contributed by atoms with Gasteiger partial charge >= 0.3 is 12.2 Å². The van der Waals surface area contributed by atoms with Crippen molar-refractivity contribution in [1.82, 2.24) is 10.6 Å². The smallest absolute Gasteiger partial charge is 0.354 e. The van der Waals surface area contributed by atoms with Crippen LogP contribution in [0.25, 0.3) is 0 Å². The predicted molar refractivity (Wildman–Crippen MR) is 49.9 cm³/mol. The van der Waals surface area contributed by atoms with Gasteiger partial charge in [0.25, 0.3) is 0 Å². The summed E-state index contributed by atoms with van der Waals surface area (Å²) in [7, 11) is 2.72. The maximum atomic E-state index is 11.8. The highest BCUT2D eigenvalue weighted by atomic mass is 19.4. The molecule has 0 spiro atoms. The van der Waals surface area contributed by atoms with Gasteiger partial charge in [-0.25, -0.2) is 4.79 Å². The van der Waals surface area contributed by atoms with E-state index in [9.17, 15) is 18.0 Å². The normalized spacial score (nSPS) is 13.7. The molecule has 0 saturated heterocycles. The van der Waals surface area contributed by atoms with Crippen molar-refractivity contribution in [2.75, 3.05) is 20.8 Å². The van der Waals surface area contributed by atoms with Crippen LogP contribution >= 0.6 is 0 Å². The molecule has 0 aromatic rings. The molecule has 0 aliphatic heterocycles. The number of ether oxygens (including phenoxy) is 2. The summed E-state index contributed by atoms with van der Waals surface area (Å²) in [5.41, 5.74) is 0. The number of hydrogen-bond donors (Lipinski definition) is 2. The zero-order chi connectivity index (χ0) is 12.8. The third-order valence-corrected chi connectivity index (χ3v) is 1.68. The van der Waals surface area contributed by atoms with Gasteiger partial charge in [-0.05, 0) is 6.92 Å². The fraction of sp³-hybridized carbons (Fsp3) is 0.875. The second kappa shape index (κ2) is 6.54. The van der Waals surface area contributed by atoms with Crippen LogP contribution in [0.15, 0.2) is 0 Å². The first-order valence-corrected chi connectivity index (χ1v) is 4.47. The van der Waals surface area contributed by atoms with Crippen molar-refractivity contribution >= 4 is 6.03 Å². The van der Waals surface area contributed by atoms with Gasteiger partial charge in [-0.3, -0.25) is 0 Å². The minimum Gasteiger partial charge on any atom is -0.354 e. The number of carbonyl (C=O) groups is 1. The fourth-order valence-electron chi connectivity index (χ4n) is 1.01. The Labute approximate surface area is 91.3 Å². The molecule has 5 nitrogen and oxygen atoms in total. The first kappa shape index (κ1) is 15.0. The van der Waals surface area contributed by atoms with Crippen LogP contribution in [0.5, 0.6) is 0 Å². The number of hydrogen-bond acceptors (Lipinski definition) is 3. The van der Waals surface area contributed by atoms with Crippen molar-refractivity contribution < 1.29 is 27.4 Å². The zero-order valence-electron chi connectivity index (χ0n) is 9.22. The Morgan fingerprint density at radius 1 is 1.31 bits per heavy atom. The van der Waals surface area contributed by atoms with Crippen LogP contribution in [0.4, 0.5) is 18.0 Å². The fourth-order valence-corrected chi connectivity index (χ4v) is 1.01. The average Bonchev–Trinajstić information content (AvgIpc) is 2.15. The molecule has 0 aromatic carbocycles. The zero-order valence-corrected chi connectivity index (χ0v) is 9.22. The van der Waals surface area contributed by atoms with E-state index in [4.69, 9.17) is 9.47 Å². The summed E-state index contributed by atoms with van der Waals surface area (Å²) in [6, 6.07) is -1.49. The van der Waals surface area contributed by atoms with Crippen molar-refractivity contribution in [3.63, 3.8) is 0 Å². The summed E-state index contributed by atoms with van der Waals surface area (Å²) >= 11 is 0. The second-order valence-corrected chi connectivity index (χ2v) is 3.07. The molecule has 2 N–H and O–H groups in total. The topological polar surface area (TPSA) is 59.6 Å². The van der Waals surface area contributed by atoms with E-state index >= 15 is 0 Å². The Hall–Kier alpha value is -1.02. The molecule has 0 bridgehead atoms. The van der Waals surface area contributed by atoms with E-state index in [1.807, 2.05) is 0 Å². The average molecular weight is 244 g/mol. The van der Waals surface area contributed by atoms with E-state index in [0.29, 0.717) is 0 Å². The molecule has 0 rings (SSSR count). The van der Waals surface area contributed by atoms with Gasteiger partial charge in [0.1, 0.15) is 6.54 Å². The summed E-state index contributed by atoms with van der Waals surface area (Å²) in [5.74, 6) is 0. The molecule has 0 radical (unpaired) electrons. The number of nitrogens with one attached hydrogen (secondary N) is 2. The summed E-state index contributed by atoms with van der Waals surface area (Å²) in [5, 5.41) is 3.92. The van der Waals surface area contributed by atoms with E-state index in [0.717, 1.165) is 0 Å². The molecule has 2 amide bonds. The number of alkyl halides is 3. The Morgan fingerprint density at radius 2 is 1.81 bits per heavy atom. The third kappa shape index (κ3) is 6.46. The minimum absolute atomic E-state index is 0.566. The van der Waals surface area contributed by atoms with Crippen LogP contribution in [-0.2, 0) is 9.47 Å². The van der Waals surface area contributed by atoms with Gasteiger partial charge < -0.3 is 20.1 Å². The van der Waals surface area contributed by atoms with Crippen LogP contribution in [0.1, 0.15) is 6.92 Å². The number of halogens is 3. The highest BCUT2D eigenvalue weighted by Gasteiger charge is 2.28. The van der Waals surface area contributed by atoms with E-state index in [1.165, 1.54) is 14.2 Å². The molecule has 0 aliphatic rings. The molecule has 0 aromatic heterocycles. The molecule has 1 unspecified atom stereocenters. The van der Waals surface area contributed by atoms with Crippen LogP contribution in [-0.4, -0.2) is 45.3 Å². The van der Waals surface area contributed by atoms with Crippen LogP contribution < -0.4 is 10.6 Å². The maximum absolute atomic E-state index is 11.8. The minimum atomic E-state index is -4.43. The van der Waals surface area contributed by atoms with Crippen molar-refractivity contribution in [2.45, 2.75) is 25.4 Å². The van der Waals surface area contributed by atoms with Gasteiger partial charge in [0.05, 0.1) is 6.04 Å². The third-order valence-electron chi connectivity index (χ3n) is 1.68. The van der Waals surface area contributed by atoms with E-state index < -0.39 is 31.1 Å². The van der Waals surface area contributed by atoms with Gasteiger partial charge in [-0.1, -0.05) is 0 Å². The molecular weight excluding hydrogens is 229 g/mol. The Kier molecular flexibility index (Phi) is 6.12. The Morgan fingerprint density at radius 3 is 2.19 bits per heavy atom. The van der Waals surface area contributed by atoms with Gasteiger partial charge in [-0.2, -0.15) is 13.2 Å². The lowest BCUT2D eigenvalue weighted by Gasteiger charge is -2.22. The number of amides is 2. The number of urea groups is 1. The van der Waals surface area contributed by atoms with Gasteiger partial charge in [0.15, 0.2) is 6.29 Å². The number of rotatable bonds is 5. The molecule has 8 heteroatoms. The van der Waals surface area contributed by atoms with Crippen LogP contribution in [0, 0.1) is 0 Å². The lowest BCUT2D eigenvalue weighted by atomic mass is 10.3. The van der Waals surface area contributed by atoms with E-state index in [-0.39, 0.29) is 0 Å². The van der Waals surface area contributed by atoms with E-state index in [1.54, 1.807) is 12.2 Å². The van der Waals surface area contributed by atoms with Gasteiger partial charge in [0, 0.05) is 14.2 Å². The molecule has 0 saturated carbocycles. The highest BCUT2D eigenvalue weighted by Crippen LogP contribution is 2.11. The Bertz CT molecular complexity index is 219. The van der Waals surface area contributed by atoms with Crippen molar-refractivity contribution in [2.24, 2.45) is 0 Å². The molecule has 1 atom stereocenters. The summed E-state index contributed by atoms with van der Waals surface area (Å²) in [4.78, 5) is 11.0. The standard InChI is InChI=1S/C8H15F3N2O3/c1-5(6(15-2)16-3)13-7(14)12-4-8(9,10)11/h5-6H,4H2,1-3H3,(H2,12,13,14). The number of methoxy groups -OCH3 is 2. The van der Waals surface area contributed by atoms with Crippen LogP contribution in [0.3, 0.4) is 0 Å². The largest absolute Gasteiger partial charge is 0.405 e. The Balaban J connectivity index is 3.95. The summed E-state index contributed by atoms with van der Waals surface area (Å²) in [6.45, 7) is 0.168. The van der Waals surface area contributed by atoms with Crippen molar-refractivity contribution in [3.05, 3.63) is 0 Å².